The molecule has 0 radical (unpaired) electrons. The van der Waals surface area contributed by atoms with E-state index in [0.29, 0.717) is 23.9 Å². The molecule has 0 spiro atoms. The van der Waals surface area contributed by atoms with Crippen molar-refractivity contribution in [3.05, 3.63) is 48.5 Å². The number of amides is 2. The molecule has 7 heteroatoms. The van der Waals surface area contributed by atoms with Crippen LogP contribution in [0, 0.1) is 5.92 Å². The van der Waals surface area contributed by atoms with Crippen molar-refractivity contribution in [2.75, 3.05) is 23.9 Å². The van der Waals surface area contributed by atoms with Crippen LogP contribution in [0.2, 0.25) is 0 Å². The van der Waals surface area contributed by atoms with E-state index >= 15 is 0 Å². The van der Waals surface area contributed by atoms with E-state index in [0.717, 1.165) is 11.0 Å². The molecule has 4 rings (SSSR count). The summed E-state index contributed by atoms with van der Waals surface area (Å²) in [6.45, 7) is 0.311. The number of anilines is 2. The molecule has 2 N–H and O–H groups in total. The summed E-state index contributed by atoms with van der Waals surface area (Å²) in [5.41, 5.74) is 2.31. The maximum absolute atomic E-state index is 12.6. The SMILES string of the molecule is COc1ccccc1N1C[C@H](C(=O)Nc2nc3ccccc3[nH]2)CC1=O. The molecular formula is C19H18N4O3. The fourth-order valence-electron chi connectivity index (χ4n) is 3.20. The summed E-state index contributed by atoms with van der Waals surface area (Å²) in [7, 11) is 1.56. The summed E-state index contributed by atoms with van der Waals surface area (Å²) in [6, 6.07) is 14.8. The third-order valence-electron chi connectivity index (χ3n) is 4.50. The zero-order chi connectivity index (χ0) is 18.1. The summed E-state index contributed by atoms with van der Waals surface area (Å²) in [5, 5.41) is 2.78. The number of hydrogen-bond donors (Lipinski definition) is 2. The third kappa shape index (κ3) is 2.88. The van der Waals surface area contributed by atoms with Crippen LogP contribution in [-0.4, -0.2) is 35.4 Å². The van der Waals surface area contributed by atoms with E-state index < -0.39 is 5.92 Å². The van der Waals surface area contributed by atoms with E-state index in [1.807, 2.05) is 42.5 Å². The van der Waals surface area contributed by atoms with Crippen LogP contribution < -0.4 is 15.0 Å². The minimum absolute atomic E-state index is 0.0979. The first-order valence-electron chi connectivity index (χ1n) is 8.34. The van der Waals surface area contributed by atoms with Crippen molar-refractivity contribution in [3.63, 3.8) is 0 Å². The molecule has 1 aromatic heterocycles. The van der Waals surface area contributed by atoms with Crippen molar-refractivity contribution in [1.82, 2.24) is 9.97 Å². The normalized spacial score (nSPS) is 16.9. The number of nitrogens with one attached hydrogen (secondary N) is 2. The monoisotopic (exact) mass is 350 g/mol. The Morgan fingerprint density at radius 3 is 2.81 bits per heavy atom. The number of hydrogen-bond acceptors (Lipinski definition) is 4. The van der Waals surface area contributed by atoms with Gasteiger partial charge in [0.15, 0.2) is 0 Å². The Labute approximate surface area is 150 Å². The number of carbonyl (C=O) groups is 2. The first-order chi connectivity index (χ1) is 12.7. The van der Waals surface area contributed by atoms with Gasteiger partial charge in [-0.05, 0) is 24.3 Å². The van der Waals surface area contributed by atoms with Gasteiger partial charge in [0.1, 0.15) is 5.75 Å². The highest BCUT2D eigenvalue weighted by Crippen LogP contribution is 2.33. The lowest BCUT2D eigenvalue weighted by Gasteiger charge is -2.19. The Bertz CT molecular complexity index is 949. The van der Waals surface area contributed by atoms with Gasteiger partial charge in [0.25, 0.3) is 0 Å². The maximum Gasteiger partial charge on any atom is 0.232 e. The summed E-state index contributed by atoms with van der Waals surface area (Å²) in [5.74, 6) is 0.230. The van der Waals surface area contributed by atoms with E-state index in [4.69, 9.17) is 4.74 Å². The number of H-pyrrole nitrogens is 1. The topological polar surface area (TPSA) is 87.3 Å². The van der Waals surface area contributed by atoms with Gasteiger partial charge in [0, 0.05) is 13.0 Å². The summed E-state index contributed by atoms with van der Waals surface area (Å²) >= 11 is 0. The maximum atomic E-state index is 12.6. The number of rotatable bonds is 4. The number of para-hydroxylation sites is 4. The van der Waals surface area contributed by atoms with Gasteiger partial charge in [-0.1, -0.05) is 24.3 Å². The third-order valence-corrected chi connectivity index (χ3v) is 4.50. The predicted octanol–water partition coefficient (Wildman–Crippen LogP) is 2.56. The van der Waals surface area contributed by atoms with E-state index in [2.05, 4.69) is 15.3 Å². The van der Waals surface area contributed by atoms with Gasteiger partial charge in [0.05, 0.1) is 29.7 Å². The molecule has 0 aliphatic carbocycles. The first-order valence-corrected chi connectivity index (χ1v) is 8.34. The number of aromatic amines is 1. The van der Waals surface area contributed by atoms with Crippen LogP contribution in [0.3, 0.4) is 0 Å². The first kappa shape index (κ1) is 16.1. The lowest BCUT2D eigenvalue weighted by molar-refractivity contribution is -0.122. The molecule has 1 atom stereocenters. The number of methoxy groups -OCH3 is 1. The number of carbonyl (C=O) groups excluding carboxylic acids is 2. The molecule has 7 nitrogen and oxygen atoms in total. The smallest absolute Gasteiger partial charge is 0.232 e. The highest BCUT2D eigenvalue weighted by atomic mass is 16.5. The van der Waals surface area contributed by atoms with Crippen LogP contribution in [-0.2, 0) is 9.59 Å². The largest absolute Gasteiger partial charge is 0.495 e. The lowest BCUT2D eigenvalue weighted by atomic mass is 10.1. The zero-order valence-corrected chi connectivity index (χ0v) is 14.2. The molecule has 1 fully saturated rings. The zero-order valence-electron chi connectivity index (χ0n) is 14.2. The molecule has 2 amide bonds. The number of benzene rings is 2. The van der Waals surface area contributed by atoms with Crippen LogP contribution in [0.4, 0.5) is 11.6 Å². The molecule has 0 saturated carbocycles. The second-order valence-corrected chi connectivity index (χ2v) is 6.17. The number of ether oxygens (including phenoxy) is 1. The highest BCUT2D eigenvalue weighted by Gasteiger charge is 2.36. The molecule has 1 saturated heterocycles. The van der Waals surface area contributed by atoms with Gasteiger partial charge in [-0.3, -0.25) is 14.9 Å². The van der Waals surface area contributed by atoms with Crippen molar-refractivity contribution < 1.29 is 14.3 Å². The average molecular weight is 350 g/mol. The van der Waals surface area contributed by atoms with Crippen molar-refractivity contribution in [2.45, 2.75) is 6.42 Å². The average Bonchev–Trinajstić information content (AvgIpc) is 3.24. The van der Waals surface area contributed by atoms with Crippen molar-refractivity contribution in [2.24, 2.45) is 5.92 Å². The quantitative estimate of drug-likeness (QED) is 0.757. The second kappa shape index (κ2) is 6.51. The van der Waals surface area contributed by atoms with Gasteiger partial charge < -0.3 is 14.6 Å². The Kier molecular flexibility index (Phi) is 4.04. The predicted molar refractivity (Wildman–Crippen MR) is 98.2 cm³/mol. The van der Waals surface area contributed by atoms with E-state index in [9.17, 15) is 9.59 Å². The van der Waals surface area contributed by atoms with E-state index in [1.165, 1.54) is 0 Å². The fraction of sp³-hybridized carbons (Fsp3) is 0.211. The molecule has 26 heavy (non-hydrogen) atoms. The summed E-state index contributed by atoms with van der Waals surface area (Å²) < 4.78 is 5.32. The van der Waals surface area contributed by atoms with Crippen molar-refractivity contribution in [3.8, 4) is 5.75 Å². The number of imidazole rings is 1. The highest BCUT2D eigenvalue weighted by molar-refractivity contribution is 6.04. The second-order valence-electron chi connectivity index (χ2n) is 6.17. The van der Waals surface area contributed by atoms with E-state index in [1.54, 1.807) is 18.1 Å². The number of aromatic nitrogens is 2. The standard InChI is InChI=1S/C19H18N4O3/c1-26-16-9-5-4-8-15(16)23-11-12(10-17(23)24)18(25)22-19-20-13-6-2-3-7-14(13)21-19/h2-9,12H,10-11H2,1H3,(H2,20,21,22,25)/t12-/m1/s1. The molecular weight excluding hydrogens is 332 g/mol. The number of nitrogens with zero attached hydrogens (tertiary/aromatic N) is 2. The Hall–Kier alpha value is -3.35. The summed E-state index contributed by atoms with van der Waals surface area (Å²) in [4.78, 5) is 34.0. The molecule has 132 valence electrons. The minimum atomic E-state index is -0.444. The molecule has 0 unspecified atom stereocenters. The van der Waals surface area contributed by atoms with Gasteiger partial charge in [0.2, 0.25) is 17.8 Å². The van der Waals surface area contributed by atoms with Crippen molar-refractivity contribution in [1.29, 1.82) is 0 Å². The van der Waals surface area contributed by atoms with Gasteiger partial charge in [-0.2, -0.15) is 0 Å². The van der Waals surface area contributed by atoms with Gasteiger partial charge in [-0.15, -0.1) is 0 Å². The Morgan fingerprint density at radius 2 is 2.00 bits per heavy atom. The Balaban J connectivity index is 1.50. The van der Waals surface area contributed by atoms with Crippen LogP contribution >= 0.6 is 0 Å². The van der Waals surface area contributed by atoms with Gasteiger partial charge in [-0.25, -0.2) is 4.98 Å². The molecule has 1 aliphatic rings. The fourth-order valence-corrected chi connectivity index (χ4v) is 3.20. The minimum Gasteiger partial charge on any atom is -0.495 e. The molecule has 0 bridgehead atoms. The molecule has 2 heterocycles. The van der Waals surface area contributed by atoms with E-state index in [-0.39, 0.29) is 18.2 Å². The van der Waals surface area contributed by atoms with Crippen LogP contribution in [0.1, 0.15) is 6.42 Å². The molecule has 2 aromatic carbocycles. The number of fused-ring (bicyclic) bond motifs is 1. The molecule has 3 aromatic rings. The van der Waals surface area contributed by atoms with Crippen molar-refractivity contribution >= 4 is 34.5 Å². The summed E-state index contributed by atoms with van der Waals surface area (Å²) in [6.07, 6.45) is 0.157. The Morgan fingerprint density at radius 1 is 1.23 bits per heavy atom. The molecule has 1 aliphatic heterocycles. The van der Waals surface area contributed by atoms with Crippen LogP contribution in [0.15, 0.2) is 48.5 Å². The van der Waals surface area contributed by atoms with Gasteiger partial charge >= 0.3 is 0 Å². The lowest BCUT2D eigenvalue weighted by Crippen LogP contribution is -2.28. The van der Waals surface area contributed by atoms with Crippen LogP contribution in [0.5, 0.6) is 5.75 Å². The van der Waals surface area contributed by atoms with Crippen LogP contribution in [0.25, 0.3) is 11.0 Å².